The second kappa shape index (κ2) is 6.21. The number of hydrogen-bond donors (Lipinski definition) is 1. The summed E-state index contributed by atoms with van der Waals surface area (Å²) in [5.41, 5.74) is 2.14. The molecule has 0 aliphatic heterocycles. The molecule has 0 aliphatic rings. The predicted molar refractivity (Wildman–Crippen MR) is 82.9 cm³/mol. The number of aryl methyl sites for hydroxylation is 1. The Morgan fingerprint density at radius 3 is 2.47 bits per heavy atom. The van der Waals surface area contributed by atoms with Crippen molar-refractivity contribution in [2.45, 2.75) is 11.8 Å². The van der Waals surface area contributed by atoms with Crippen LogP contribution in [-0.2, 0) is 0 Å². The Balaban J connectivity index is 2.15. The van der Waals surface area contributed by atoms with Crippen LogP contribution in [0.15, 0.2) is 45.9 Å². The molecule has 98 valence electrons. The maximum Gasteiger partial charge on any atom is 0.255 e. The highest BCUT2D eigenvalue weighted by atomic mass is 79.9. The molecule has 1 N–H and O–H groups in total. The standard InChI is InChI=1S/C14H13BrN2OS/c1-9-12(7-8-13(15)16-9)17-14(18)10-3-5-11(19-2)6-4-10/h3-8H,1-2H3,(H,17,18). The molecule has 19 heavy (non-hydrogen) atoms. The first kappa shape index (κ1) is 14.1. The van der Waals surface area contributed by atoms with Gasteiger partial charge in [-0.1, -0.05) is 0 Å². The number of benzene rings is 1. The first-order chi connectivity index (χ1) is 9.10. The first-order valence-electron chi connectivity index (χ1n) is 5.68. The zero-order valence-corrected chi connectivity index (χ0v) is 13.0. The van der Waals surface area contributed by atoms with Crippen molar-refractivity contribution in [3.05, 3.63) is 52.3 Å². The summed E-state index contributed by atoms with van der Waals surface area (Å²) in [4.78, 5) is 17.5. The van der Waals surface area contributed by atoms with Gasteiger partial charge in [0.1, 0.15) is 4.60 Å². The minimum Gasteiger partial charge on any atom is -0.320 e. The van der Waals surface area contributed by atoms with Gasteiger partial charge in [0.05, 0.1) is 11.4 Å². The lowest BCUT2D eigenvalue weighted by Gasteiger charge is -2.08. The molecule has 0 fully saturated rings. The van der Waals surface area contributed by atoms with E-state index in [1.54, 1.807) is 17.8 Å². The number of carbonyl (C=O) groups excluding carboxylic acids is 1. The molecule has 2 rings (SSSR count). The van der Waals surface area contributed by atoms with E-state index in [1.165, 1.54) is 0 Å². The Bertz CT molecular complexity index is 599. The number of hydrogen-bond acceptors (Lipinski definition) is 3. The third-order valence-corrected chi connectivity index (χ3v) is 3.84. The van der Waals surface area contributed by atoms with Gasteiger partial charge in [0, 0.05) is 10.5 Å². The van der Waals surface area contributed by atoms with Gasteiger partial charge in [-0.3, -0.25) is 4.79 Å². The number of aromatic nitrogens is 1. The zero-order chi connectivity index (χ0) is 13.8. The first-order valence-corrected chi connectivity index (χ1v) is 7.70. The lowest BCUT2D eigenvalue weighted by molar-refractivity contribution is 0.102. The highest BCUT2D eigenvalue weighted by molar-refractivity contribution is 9.10. The van der Waals surface area contributed by atoms with E-state index in [4.69, 9.17) is 0 Å². The maximum absolute atomic E-state index is 12.1. The van der Waals surface area contributed by atoms with E-state index < -0.39 is 0 Å². The number of thioether (sulfide) groups is 1. The van der Waals surface area contributed by atoms with E-state index in [1.807, 2.05) is 43.5 Å². The second-order valence-electron chi connectivity index (χ2n) is 3.95. The van der Waals surface area contributed by atoms with Crippen LogP contribution in [-0.4, -0.2) is 17.1 Å². The quantitative estimate of drug-likeness (QED) is 0.676. The average Bonchev–Trinajstić information content (AvgIpc) is 2.42. The molecule has 5 heteroatoms. The largest absolute Gasteiger partial charge is 0.320 e. The monoisotopic (exact) mass is 336 g/mol. The van der Waals surface area contributed by atoms with Crippen LogP contribution in [0.4, 0.5) is 5.69 Å². The van der Waals surface area contributed by atoms with E-state index in [2.05, 4.69) is 26.2 Å². The number of nitrogens with one attached hydrogen (secondary N) is 1. The molecule has 2 aromatic rings. The molecule has 1 aromatic carbocycles. The summed E-state index contributed by atoms with van der Waals surface area (Å²) in [6, 6.07) is 11.2. The predicted octanol–water partition coefficient (Wildman–Crippen LogP) is 4.13. The fraction of sp³-hybridized carbons (Fsp3) is 0.143. The fourth-order valence-corrected chi connectivity index (χ4v) is 2.41. The summed E-state index contributed by atoms with van der Waals surface area (Å²) in [6.07, 6.45) is 2.01. The van der Waals surface area contributed by atoms with Crippen LogP contribution in [0.5, 0.6) is 0 Å². The Hall–Kier alpha value is -1.33. The smallest absolute Gasteiger partial charge is 0.255 e. The van der Waals surface area contributed by atoms with Gasteiger partial charge in [0.2, 0.25) is 0 Å². The van der Waals surface area contributed by atoms with Crippen LogP contribution in [0.2, 0.25) is 0 Å². The van der Waals surface area contributed by atoms with Gasteiger partial charge < -0.3 is 5.32 Å². The molecule has 0 bridgehead atoms. The lowest BCUT2D eigenvalue weighted by Crippen LogP contribution is -2.13. The Morgan fingerprint density at radius 1 is 1.21 bits per heavy atom. The van der Waals surface area contributed by atoms with Gasteiger partial charge in [-0.05, 0) is 65.5 Å². The topological polar surface area (TPSA) is 42.0 Å². The maximum atomic E-state index is 12.1. The molecule has 0 saturated heterocycles. The number of amides is 1. The summed E-state index contributed by atoms with van der Waals surface area (Å²) < 4.78 is 0.757. The minimum absolute atomic E-state index is 0.125. The Morgan fingerprint density at radius 2 is 1.89 bits per heavy atom. The van der Waals surface area contributed by atoms with Crippen LogP contribution in [0.1, 0.15) is 16.1 Å². The highest BCUT2D eigenvalue weighted by Gasteiger charge is 2.08. The molecule has 1 aromatic heterocycles. The number of pyridine rings is 1. The number of rotatable bonds is 3. The molecule has 0 atom stereocenters. The van der Waals surface area contributed by atoms with Crippen LogP contribution in [0.3, 0.4) is 0 Å². The molecule has 3 nitrogen and oxygen atoms in total. The van der Waals surface area contributed by atoms with Gasteiger partial charge in [-0.25, -0.2) is 4.98 Å². The van der Waals surface area contributed by atoms with Gasteiger partial charge in [-0.2, -0.15) is 0 Å². The van der Waals surface area contributed by atoms with Crippen molar-refractivity contribution in [3.63, 3.8) is 0 Å². The van der Waals surface area contributed by atoms with Gasteiger partial charge in [0.15, 0.2) is 0 Å². The zero-order valence-electron chi connectivity index (χ0n) is 10.6. The van der Waals surface area contributed by atoms with Gasteiger partial charge >= 0.3 is 0 Å². The molecule has 0 aliphatic carbocycles. The van der Waals surface area contributed by atoms with Gasteiger partial charge in [-0.15, -0.1) is 11.8 Å². The third kappa shape index (κ3) is 3.58. The average molecular weight is 337 g/mol. The van der Waals surface area contributed by atoms with E-state index >= 15 is 0 Å². The molecule has 1 heterocycles. The minimum atomic E-state index is -0.125. The summed E-state index contributed by atoms with van der Waals surface area (Å²) in [7, 11) is 0. The van der Waals surface area contributed by atoms with Crippen LogP contribution in [0, 0.1) is 6.92 Å². The SMILES string of the molecule is CSc1ccc(C(=O)Nc2ccc(Br)nc2C)cc1. The Kier molecular flexibility index (Phi) is 4.61. The fourth-order valence-electron chi connectivity index (χ4n) is 1.60. The van der Waals surface area contributed by atoms with E-state index in [-0.39, 0.29) is 5.91 Å². The molecule has 0 saturated carbocycles. The van der Waals surface area contributed by atoms with Crippen LogP contribution < -0.4 is 5.32 Å². The second-order valence-corrected chi connectivity index (χ2v) is 5.64. The molecule has 1 amide bonds. The van der Waals surface area contributed by atoms with Crippen LogP contribution in [0.25, 0.3) is 0 Å². The van der Waals surface area contributed by atoms with E-state index in [9.17, 15) is 4.79 Å². The summed E-state index contributed by atoms with van der Waals surface area (Å²) in [6.45, 7) is 1.86. The van der Waals surface area contributed by atoms with Crippen LogP contribution >= 0.6 is 27.7 Å². The van der Waals surface area contributed by atoms with E-state index in [0.717, 1.165) is 20.9 Å². The number of nitrogens with zero attached hydrogens (tertiary/aromatic N) is 1. The molecule has 0 unspecified atom stereocenters. The summed E-state index contributed by atoms with van der Waals surface area (Å²) in [5, 5.41) is 2.86. The van der Waals surface area contributed by atoms with Crippen molar-refractivity contribution in [3.8, 4) is 0 Å². The Labute approximate surface area is 125 Å². The normalized spacial score (nSPS) is 10.3. The summed E-state index contributed by atoms with van der Waals surface area (Å²) in [5.74, 6) is -0.125. The number of carbonyl (C=O) groups is 1. The van der Waals surface area contributed by atoms with Crippen molar-refractivity contribution in [2.24, 2.45) is 0 Å². The summed E-state index contributed by atoms with van der Waals surface area (Å²) >= 11 is 4.95. The molecule has 0 spiro atoms. The molecular formula is C14H13BrN2OS. The number of halogens is 1. The molecule has 0 radical (unpaired) electrons. The van der Waals surface area contributed by atoms with Gasteiger partial charge in [0.25, 0.3) is 5.91 Å². The third-order valence-electron chi connectivity index (χ3n) is 2.65. The lowest BCUT2D eigenvalue weighted by atomic mass is 10.2. The van der Waals surface area contributed by atoms with Crippen molar-refractivity contribution in [1.29, 1.82) is 0 Å². The van der Waals surface area contributed by atoms with Crippen molar-refractivity contribution < 1.29 is 4.79 Å². The molecular weight excluding hydrogens is 324 g/mol. The van der Waals surface area contributed by atoms with Crippen molar-refractivity contribution in [1.82, 2.24) is 4.98 Å². The highest BCUT2D eigenvalue weighted by Crippen LogP contribution is 2.18. The van der Waals surface area contributed by atoms with Crippen molar-refractivity contribution >= 4 is 39.3 Å². The van der Waals surface area contributed by atoms with Crippen molar-refractivity contribution in [2.75, 3.05) is 11.6 Å². The number of anilines is 1. The van der Waals surface area contributed by atoms with E-state index in [0.29, 0.717) is 5.56 Å².